The lowest BCUT2D eigenvalue weighted by Crippen LogP contribution is -2.04. The van der Waals surface area contributed by atoms with E-state index in [1.54, 1.807) is 0 Å². The number of hydrogen-bond acceptors (Lipinski definition) is 6. The minimum absolute atomic E-state index is 0.571. The Morgan fingerprint density at radius 3 is 1.78 bits per heavy atom. The molecule has 0 amide bonds. The molecule has 0 aliphatic heterocycles. The molecule has 3 heterocycles. The molecule has 0 radical (unpaired) electrons. The number of aromatic nitrogens is 5. The van der Waals surface area contributed by atoms with Crippen LogP contribution in [0, 0.1) is 0 Å². The van der Waals surface area contributed by atoms with Crippen molar-refractivity contribution < 1.29 is 4.42 Å². The van der Waals surface area contributed by atoms with Crippen molar-refractivity contribution in [2.24, 2.45) is 0 Å². The normalized spacial score (nSPS) is 12.8. The van der Waals surface area contributed by atoms with Gasteiger partial charge in [-0.1, -0.05) is 146 Å². The van der Waals surface area contributed by atoms with E-state index in [0.29, 0.717) is 40.0 Å². The van der Waals surface area contributed by atoms with Crippen LogP contribution < -0.4 is 0 Å². The van der Waals surface area contributed by atoms with Crippen LogP contribution in [-0.2, 0) is 0 Å². The maximum Gasteiger partial charge on any atom is 0.180 e. The van der Waals surface area contributed by atoms with Crippen molar-refractivity contribution in [3.8, 4) is 56.5 Å². The number of benzene rings is 5. The molecule has 8 aromatic rings. The van der Waals surface area contributed by atoms with Gasteiger partial charge in [0.15, 0.2) is 28.9 Å². The molecule has 0 bridgehead atoms. The Morgan fingerprint density at radius 2 is 1.06 bits per heavy atom. The van der Waals surface area contributed by atoms with E-state index < -0.39 is 0 Å². The first-order valence-corrected chi connectivity index (χ1v) is 16.4. The third-order valence-corrected chi connectivity index (χ3v) is 8.85. The van der Waals surface area contributed by atoms with Crippen LogP contribution in [0.5, 0.6) is 0 Å². The second kappa shape index (κ2) is 12.2. The van der Waals surface area contributed by atoms with Crippen molar-refractivity contribution in [3.05, 3.63) is 158 Å². The molecule has 3 aromatic heterocycles. The molecule has 6 nitrogen and oxygen atoms in total. The predicted octanol–water partition coefficient (Wildman–Crippen LogP) is 10.6. The highest BCUT2D eigenvalue weighted by molar-refractivity contribution is 6.13. The summed E-state index contributed by atoms with van der Waals surface area (Å²) in [4.78, 5) is 25.4. The van der Waals surface area contributed by atoms with E-state index in [1.807, 2.05) is 72.8 Å². The molecule has 0 spiro atoms. The lowest BCUT2D eigenvalue weighted by atomic mass is 10.0. The van der Waals surface area contributed by atoms with E-state index in [4.69, 9.17) is 29.3 Å². The highest BCUT2D eigenvalue weighted by Crippen LogP contribution is 2.40. The van der Waals surface area contributed by atoms with Crippen molar-refractivity contribution >= 4 is 27.6 Å². The van der Waals surface area contributed by atoms with Gasteiger partial charge in [-0.25, -0.2) is 24.9 Å². The summed E-state index contributed by atoms with van der Waals surface area (Å²) in [6.45, 7) is 0. The number of furan rings is 1. The standard InChI is InChI=1S/C43H29N5O/c1-5-14-28(15-6-1)29-24-26-33(27-25-29)40-44-37(30-16-7-2-8-17-30)39-38(45-40)36-34(22-13-23-35(36)49-39)43-47-41(31-18-9-3-10-19-31)46-42(48-43)32-20-11-4-12-21-32/h1-11,13-20,22-27H,12,21H2. The van der Waals surface area contributed by atoms with Gasteiger partial charge in [0.05, 0.1) is 5.39 Å². The molecule has 0 saturated heterocycles. The van der Waals surface area contributed by atoms with Gasteiger partial charge in [0.25, 0.3) is 0 Å². The fourth-order valence-electron chi connectivity index (χ4n) is 6.38. The highest BCUT2D eigenvalue weighted by Gasteiger charge is 2.23. The van der Waals surface area contributed by atoms with Crippen LogP contribution in [0.1, 0.15) is 18.7 Å². The molecule has 1 aliphatic carbocycles. The molecule has 0 N–H and O–H groups in total. The molecule has 1 aliphatic rings. The van der Waals surface area contributed by atoms with Crippen LogP contribution in [0.4, 0.5) is 0 Å². The van der Waals surface area contributed by atoms with Crippen LogP contribution in [0.3, 0.4) is 0 Å². The molecule has 9 rings (SSSR count). The topological polar surface area (TPSA) is 77.6 Å². The summed E-state index contributed by atoms with van der Waals surface area (Å²) in [6, 6.07) is 44.9. The van der Waals surface area contributed by atoms with Crippen LogP contribution in [0.25, 0.3) is 84.2 Å². The lowest BCUT2D eigenvalue weighted by Gasteiger charge is -2.12. The molecule has 232 valence electrons. The third kappa shape index (κ3) is 5.39. The molecular formula is C43H29N5O. The van der Waals surface area contributed by atoms with Gasteiger partial charge >= 0.3 is 0 Å². The highest BCUT2D eigenvalue weighted by atomic mass is 16.3. The molecule has 0 saturated carbocycles. The zero-order valence-electron chi connectivity index (χ0n) is 26.5. The first-order valence-electron chi connectivity index (χ1n) is 16.4. The Labute approximate surface area is 283 Å². The second-order valence-corrected chi connectivity index (χ2v) is 12.0. The summed E-state index contributed by atoms with van der Waals surface area (Å²) >= 11 is 0. The van der Waals surface area contributed by atoms with Gasteiger partial charge in [0.1, 0.15) is 16.8 Å². The van der Waals surface area contributed by atoms with E-state index in [1.165, 1.54) is 0 Å². The minimum atomic E-state index is 0.571. The van der Waals surface area contributed by atoms with Gasteiger partial charge < -0.3 is 4.42 Å². The van der Waals surface area contributed by atoms with Crippen molar-refractivity contribution in [1.29, 1.82) is 0 Å². The molecule has 0 unspecified atom stereocenters. The van der Waals surface area contributed by atoms with Gasteiger partial charge in [-0.05, 0) is 35.6 Å². The van der Waals surface area contributed by atoms with Crippen molar-refractivity contribution in [2.75, 3.05) is 0 Å². The summed E-state index contributed by atoms with van der Waals surface area (Å²) in [5.74, 6) is 2.49. The van der Waals surface area contributed by atoms with Crippen molar-refractivity contribution in [3.63, 3.8) is 0 Å². The quantitative estimate of drug-likeness (QED) is 0.182. The van der Waals surface area contributed by atoms with Gasteiger partial charge in [-0.15, -0.1) is 0 Å². The smallest absolute Gasteiger partial charge is 0.180 e. The predicted molar refractivity (Wildman–Crippen MR) is 196 cm³/mol. The van der Waals surface area contributed by atoms with Crippen LogP contribution in [0.2, 0.25) is 0 Å². The van der Waals surface area contributed by atoms with E-state index in [2.05, 4.69) is 78.9 Å². The fraction of sp³-hybridized carbons (Fsp3) is 0.0465. The average Bonchev–Trinajstić information content (AvgIpc) is 3.58. The Bertz CT molecular complexity index is 2520. The van der Waals surface area contributed by atoms with E-state index in [-0.39, 0.29) is 0 Å². The summed E-state index contributed by atoms with van der Waals surface area (Å²) in [7, 11) is 0. The minimum Gasteiger partial charge on any atom is -0.452 e. The van der Waals surface area contributed by atoms with Crippen molar-refractivity contribution in [1.82, 2.24) is 24.9 Å². The van der Waals surface area contributed by atoms with E-state index in [9.17, 15) is 0 Å². The van der Waals surface area contributed by atoms with Crippen LogP contribution in [0.15, 0.2) is 156 Å². The zero-order chi connectivity index (χ0) is 32.6. The lowest BCUT2D eigenvalue weighted by molar-refractivity contribution is 0.667. The Hall–Kier alpha value is -6.53. The van der Waals surface area contributed by atoms with Gasteiger partial charge in [0, 0.05) is 22.3 Å². The molecular weight excluding hydrogens is 603 g/mol. The maximum atomic E-state index is 6.61. The number of hydrogen-bond donors (Lipinski definition) is 0. The zero-order valence-corrected chi connectivity index (χ0v) is 26.5. The molecule has 0 fully saturated rings. The fourth-order valence-corrected chi connectivity index (χ4v) is 6.38. The first-order chi connectivity index (χ1) is 24.3. The van der Waals surface area contributed by atoms with Gasteiger partial charge in [-0.2, -0.15) is 0 Å². The Balaban J connectivity index is 1.28. The van der Waals surface area contributed by atoms with E-state index >= 15 is 0 Å². The number of fused-ring (bicyclic) bond motifs is 3. The SMILES string of the molecule is C1=CCCC(c2nc(-c3ccccc3)nc(-c3cccc4oc5c(-c6ccccc6)nc(-c6ccc(-c7ccccc7)cc6)nc5c34)n2)=C1. The average molecular weight is 632 g/mol. The Kier molecular flexibility index (Phi) is 7.17. The monoisotopic (exact) mass is 631 g/mol. The number of rotatable bonds is 6. The maximum absolute atomic E-state index is 6.61. The van der Waals surface area contributed by atoms with Gasteiger partial charge in [0.2, 0.25) is 0 Å². The Morgan fingerprint density at radius 1 is 0.469 bits per heavy atom. The van der Waals surface area contributed by atoms with Gasteiger partial charge in [-0.3, -0.25) is 0 Å². The second-order valence-electron chi connectivity index (χ2n) is 12.0. The molecule has 6 heteroatoms. The van der Waals surface area contributed by atoms with Crippen LogP contribution in [-0.4, -0.2) is 24.9 Å². The largest absolute Gasteiger partial charge is 0.452 e. The molecule has 0 atom stereocenters. The molecule has 5 aromatic carbocycles. The first kappa shape index (κ1) is 28.7. The summed E-state index contributed by atoms with van der Waals surface area (Å²) in [5.41, 5.74) is 9.75. The van der Waals surface area contributed by atoms with Crippen LogP contribution >= 0.6 is 0 Å². The summed E-state index contributed by atoms with van der Waals surface area (Å²) < 4.78 is 6.61. The van der Waals surface area contributed by atoms with E-state index in [0.717, 1.165) is 62.9 Å². The number of allylic oxidation sites excluding steroid dienone is 4. The molecule has 49 heavy (non-hydrogen) atoms. The summed E-state index contributed by atoms with van der Waals surface area (Å²) in [6.07, 6.45) is 8.15. The number of nitrogens with zero attached hydrogens (tertiary/aromatic N) is 5. The summed E-state index contributed by atoms with van der Waals surface area (Å²) in [5, 5.41) is 0.841. The van der Waals surface area contributed by atoms with Crippen molar-refractivity contribution in [2.45, 2.75) is 12.8 Å². The third-order valence-electron chi connectivity index (χ3n) is 8.85.